The lowest BCUT2D eigenvalue weighted by Gasteiger charge is -2.26. The average Bonchev–Trinajstić information content (AvgIpc) is 2.64. The van der Waals surface area contributed by atoms with Gasteiger partial charge >= 0.3 is 0 Å². The van der Waals surface area contributed by atoms with Crippen molar-refractivity contribution in [1.29, 1.82) is 0 Å². The van der Waals surface area contributed by atoms with Crippen molar-refractivity contribution in [3.05, 3.63) is 54.6 Å². The van der Waals surface area contributed by atoms with Crippen LogP contribution in [0, 0.1) is 0 Å². The standard InChI is InChI=1S/C15H16NSi/c1-12-16(13-8-4-3-5-9-13)14-10-6-7-11-15(14)17(12)2/h3-12H,1-2H3. The summed E-state index contributed by atoms with van der Waals surface area (Å²) in [6.07, 6.45) is 0. The van der Waals surface area contributed by atoms with Crippen molar-refractivity contribution in [2.45, 2.75) is 19.1 Å². The first-order chi connectivity index (χ1) is 8.29. The second-order valence-corrected chi connectivity index (χ2v) is 7.32. The molecule has 0 bridgehead atoms. The summed E-state index contributed by atoms with van der Waals surface area (Å²) >= 11 is 0. The van der Waals surface area contributed by atoms with Crippen molar-refractivity contribution in [1.82, 2.24) is 0 Å². The van der Waals surface area contributed by atoms with Crippen LogP contribution in [-0.4, -0.2) is 14.5 Å². The second kappa shape index (κ2) is 4.04. The maximum atomic E-state index is 2.49. The lowest BCUT2D eigenvalue weighted by Crippen LogP contribution is -2.36. The molecule has 0 aromatic heterocycles. The van der Waals surface area contributed by atoms with Crippen molar-refractivity contribution < 1.29 is 0 Å². The van der Waals surface area contributed by atoms with Crippen LogP contribution in [-0.2, 0) is 0 Å². The summed E-state index contributed by atoms with van der Waals surface area (Å²) in [5, 5.41) is 1.56. The molecule has 17 heavy (non-hydrogen) atoms. The molecule has 1 heterocycles. The Kier molecular flexibility index (Phi) is 2.52. The summed E-state index contributed by atoms with van der Waals surface area (Å²) in [5.74, 6) is 0. The van der Waals surface area contributed by atoms with Crippen molar-refractivity contribution in [2.24, 2.45) is 0 Å². The van der Waals surface area contributed by atoms with Gasteiger partial charge in [-0.25, -0.2) is 0 Å². The summed E-state index contributed by atoms with van der Waals surface area (Å²) in [5.41, 5.74) is 3.34. The Balaban J connectivity index is 2.13. The molecular formula is C15H16NSi. The molecule has 85 valence electrons. The molecule has 1 unspecified atom stereocenters. The Morgan fingerprint density at radius 1 is 0.941 bits per heavy atom. The maximum absolute atomic E-state index is 2.49. The van der Waals surface area contributed by atoms with E-state index in [0.29, 0.717) is 5.67 Å². The zero-order valence-corrected chi connectivity index (χ0v) is 11.2. The zero-order chi connectivity index (χ0) is 11.8. The van der Waals surface area contributed by atoms with Gasteiger partial charge in [-0.3, -0.25) is 0 Å². The van der Waals surface area contributed by atoms with Gasteiger partial charge in [-0.1, -0.05) is 42.9 Å². The monoisotopic (exact) mass is 238 g/mol. The molecule has 1 nitrogen and oxygen atoms in total. The first kappa shape index (κ1) is 10.6. The van der Waals surface area contributed by atoms with Crippen LogP contribution in [0.4, 0.5) is 11.4 Å². The number of benzene rings is 2. The fourth-order valence-corrected chi connectivity index (χ4v) is 4.69. The van der Waals surface area contributed by atoms with E-state index in [1.54, 1.807) is 5.19 Å². The van der Waals surface area contributed by atoms with Crippen LogP contribution in [0.3, 0.4) is 0 Å². The number of nitrogens with zero attached hydrogens (tertiary/aromatic N) is 1. The predicted octanol–water partition coefficient (Wildman–Crippen LogP) is 3.10. The number of anilines is 2. The first-order valence-electron chi connectivity index (χ1n) is 6.06. The molecule has 0 saturated carbocycles. The minimum atomic E-state index is -0.461. The van der Waals surface area contributed by atoms with Gasteiger partial charge in [-0.05, 0) is 30.3 Å². The van der Waals surface area contributed by atoms with E-state index in [9.17, 15) is 0 Å². The minimum absolute atomic E-state index is 0.461. The van der Waals surface area contributed by atoms with Gasteiger partial charge in [0.25, 0.3) is 0 Å². The van der Waals surface area contributed by atoms with Crippen LogP contribution in [0.25, 0.3) is 0 Å². The van der Waals surface area contributed by atoms with Crippen LogP contribution < -0.4 is 10.1 Å². The van der Waals surface area contributed by atoms with E-state index in [1.165, 1.54) is 11.4 Å². The van der Waals surface area contributed by atoms with Gasteiger partial charge in [-0.2, -0.15) is 0 Å². The largest absolute Gasteiger partial charge is 0.342 e. The highest BCUT2D eigenvalue weighted by Crippen LogP contribution is 2.32. The molecule has 0 amide bonds. The van der Waals surface area contributed by atoms with Gasteiger partial charge in [0.1, 0.15) is 8.80 Å². The Labute approximate surface area is 104 Å². The van der Waals surface area contributed by atoms with Gasteiger partial charge in [0.15, 0.2) is 0 Å². The predicted molar refractivity (Wildman–Crippen MR) is 75.7 cm³/mol. The molecule has 2 aromatic rings. The fourth-order valence-electron chi connectivity index (χ4n) is 2.60. The quantitative estimate of drug-likeness (QED) is 0.690. The summed E-state index contributed by atoms with van der Waals surface area (Å²) in [6, 6.07) is 19.6. The van der Waals surface area contributed by atoms with E-state index < -0.39 is 8.80 Å². The van der Waals surface area contributed by atoms with Crippen LogP contribution in [0.15, 0.2) is 54.6 Å². The Morgan fingerprint density at radius 3 is 2.35 bits per heavy atom. The van der Waals surface area contributed by atoms with Gasteiger partial charge in [0.05, 0.1) is 0 Å². The van der Waals surface area contributed by atoms with E-state index in [4.69, 9.17) is 0 Å². The van der Waals surface area contributed by atoms with E-state index in [0.717, 1.165) is 0 Å². The number of hydrogen-bond donors (Lipinski definition) is 0. The summed E-state index contributed by atoms with van der Waals surface area (Å²) in [7, 11) is -0.461. The molecule has 0 fully saturated rings. The normalized spacial score (nSPS) is 19.4. The van der Waals surface area contributed by atoms with Crippen molar-refractivity contribution in [3.8, 4) is 0 Å². The Hall–Kier alpha value is -1.54. The third-order valence-electron chi connectivity index (χ3n) is 3.64. The molecule has 3 rings (SSSR count). The van der Waals surface area contributed by atoms with Crippen LogP contribution in [0.5, 0.6) is 0 Å². The molecule has 0 saturated heterocycles. The summed E-state index contributed by atoms with van der Waals surface area (Å²) in [4.78, 5) is 2.49. The smallest absolute Gasteiger partial charge is 0.112 e. The van der Waals surface area contributed by atoms with Gasteiger partial charge in [0.2, 0.25) is 0 Å². The minimum Gasteiger partial charge on any atom is -0.342 e. The summed E-state index contributed by atoms with van der Waals surface area (Å²) < 4.78 is 0. The fraction of sp³-hybridized carbons (Fsp3) is 0.200. The maximum Gasteiger partial charge on any atom is 0.112 e. The molecule has 1 aliphatic rings. The summed E-state index contributed by atoms with van der Waals surface area (Å²) in [6.45, 7) is 4.76. The second-order valence-electron chi connectivity index (χ2n) is 4.58. The lowest BCUT2D eigenvalue weighted by molar-refractivity contribution is 0.949. The van der Waals surface area contributed by atoms with Crippen LogP contribution in [0.1, 0.15) is 6.92 Å². The molecule has 1 radical (unpaired) electrons. The van der Waals surface area contributed by atoms with Gasteiger partial charge in [0, 0.05) is 17.0 Å². The number of fused-ring (bicyclic) bond motifs is 1. The van der Waals surface area contributed by atoms with E-state index in [1.807, 2.05) is 0 Å². The number of para-hydroxylation sites is 2. The third kappa shape index (κ3) is 1.60. The van der Waals surface area contributed by atoms with Gasteiger partial charge in [-0.15, -0.1) is 0 Å². The van der Waals surface area contributed by atoms with E-state index >= 15 is 0 Å². The Morgan fingerprint density at radius 2 is 1.59 bits per heavy atom. The highest BCUT2D eigenvalue weighted by Gasteiger charge is 2.34. The first-order valence-corrected chi connectivity index (χ1v) is 8.14. The highest BCUT2D eigenvalue weighted by atomic mass is 28.3. The molecule has 2 aromatic carbocycles. The lowest BCUT2D eigenvalue weighted by atomic mass is 10.2. The van der Waals surface area contributed by atoms with Crippen molar-refractivity contribution in [3.63, 3.8) is 0 Å². The van der Waals surface area contributed by atoms with Crippen molar-refractivity contribution in [2.75, 3.05) is 4.90 Å². The molecular weight excluding hydrogens is 222 g/mol. The van der Waals surface area contributed by atoms with Crippen molar-refractivity contribution >= 4 is 25.4 Å². The molecule has 1 aliphatic heterocycles. The van der Waals surface area contributed by atoms with Crippen LogP contribution in [0.2, 0.25) is 6.55 Å². The third-order valence-corrected chi connectivity index (χ3v) is 6.42. The van der Waals surface area contributed by atoms with Crippen LogP contribution >= 0.6 is 0 Å². The molecule has 0 N–H and O–H groups in total. The molecule has 2 heteroatoms. The van der Waals surface area contributed by atoms with E-state index in [-0.39, 0.29) is 0 Å². The molecule has 0 spiro atoms. The average molecular weight is 238 g/mol. The number of hydrogen-bond acceptors (Lipinski definition) is 1. The van der Waals surface area contributed by atoms with E-state index in [2.05, 4.69) is 73.0 Å². The topological polar surface area (TPSA) is 3.24 Å². The molecule has 1 atom stereocenters. The number of rotatable bonds is 1. The van der Waals surface area contributed by atoms with Gasteiger partial charge < -0.3 is 4.90 Å². The molecule has 0 aliphatic carbocycles. The SMILES string of the molecule is CC1N(c2ccccc2)c2ccccc2[Si]1C. The zero-order valence-electron chi connectivity index (χ0n) is 10.2. The Bertz CT molecular complexity index is 523. The highest BCUT2D eigenvalue weighted by molar-refractivity contribution is 6.77.